The van der Waals surface area contributed by atoms with Gasteiger partial charge in [0, 0.05) is 37.1 Å². The topological polar surface area (TPSA) is 103 Å². The van der Waals surface area contributed by atoms with Gasteiger partial charge in [-0.2, -0.15) is 0 Å². The van der Waals surface area contributed by atoms with Crippen molar-refractivity contribution in [3.05, 3.63) is 24.3 Å². The number of benzene rings is 1. The average Bonchev–Trinajstić information content (AvgIpc) is 3.58. The van der Waals surface area contributed by atoms with Gasteiger partial charge in [0.1, 0.15) is 0 Å². The molecule has 1 saturated carbocycles. The molecule has 2 fully saturated rings. The standard InChI is InChI=1S/C22H33N5O3/c1-3-15(2)24-21(29)25-18-8-10-19(11-9-18)26-22(30)27-12-4-5-17(14-27)20(28)23-13-16-6-7-16/h8-11,15-17H,3-7,12-14H2,1-2H3,(H,23,28)(H,26,30)(H2,24,25,29). The maximum Gasteiger partial charge on any atom is 0.321 e. The first-order valence-electron chi connectivity index (χ1n) is 11.0. The molecule has 8 nitrogen and oxygen atoms in total. The summed E-state index contributed by atoms with van der Waals surface area (Å²) in [4.78, 5) is 38.6. The molecule has 2 atom stereocenters. The highest BCUT2D eigenvalue weighted by molar-refractivity contribution is 5.92. The van der Waals surface area contributed by atoms with E-state index in [0.29, 0.717) is 30.4 Å². The van der Waals surface area contributed by atoms with Crippen molar-refractivity contribution in [1.82, 2.24) is 15.5 Å². The zero-order chi connectivity index (χ0) is 21.5. The third kappa shape index (κ3) is 6.64. The molecule has 0 spiro atoms. The molecule has 1 aromatic carbocycles. The van der Waals surface area contributed by atoms with Crippen molar-refractivity contribution >= 4 is 29.3 Å². The molecule has 30 heavy (non-hydrogen) atoms. The van der Waals surface area contributed by atoms with Crippen LogP contribution in [0.5, 0.6) is 0 Å². The lowest BCUT2D eigenvalue weighted by atomic mass is 9.97. The minimum atomic E-state index is -0.250. The number of hydrogen-bond acceptors (Lipinski definition) is 3. The quantitative estimate of drug-likeness (QED) is 0.549. The molecule has 2 unspecified atom stereocenters. The molecule has 5 amide bonds. The molecule has 2 aliphatic rings. The molecule has 8 heteroatoms. The number of carbonyl (C=O) groups is 3. The van der Waals surface area contributed by atoms with Gasteiger partial charge in [-0.25, -0.2) is 9.59 Å². The Bertz CT molecular complexity index is 748. The average molecular weight is 416 g/mol. The van der Waals surface area contributed by atoms with Gasteiger partial charge in [-0.1, -0.05) is 6.92 Å². The van der Waals surface area contributed by atoms with Crippen molar-refractivity contribution in [2.45, 2.75) is 52.0 Å². The van der Waals surface area contributed by atoms with Crippen molar-refractivity contribution in [3.63, 3.8) is 0 Å². The van der Waals surface area contributed by atoms with E-state index in [2.05, 4.69) is 21.3 Å². The van der Waals surface area contributed by atoms with Crippen molar-refractivity contribution in [2.75, 3.05) is 30.3 Å². The van der Waals surface area contributed by atoms with Crippen LogP contribution in [-0.2, 0) is 4.79 Å². The van der Waals surface area contributed by atoms with Crippen LogP contribution in [0.15, 0.2) is 24.3 Å². The second-order valence-electron chi connectivity index (χ2n) is 8.39. The van der Waals surface area contributed by atoms with Gasteiger partial charge in [-0.15, -0.1) is 0 Å². The molecule has 1 aliphatic carbocycles. The van der Waals surface area contributed by atoms with Crippen molar-refractivity contribution in [2.24, 2.45) is 11.8 Å². The Labute approximate surface area is 178 Å². The van der Waals surface area contributed by atoms with E-state index in [9.17, 15) is 14.4 Å². The molecule has 0 radical (unpaired) electrons. The van der Waals surface area contributed by atoms with Crippen molar-refractivity contribution in [1.29, 1.82) is 0 Å². The predicted octanol–water partition coefficient (Wildman–Crippen LogP) is 3.38. The van der Waals surface area contributed by atoms with Gasteiger partial charge in [0.2, 0.25) is 5.91 Å². The molecular formula is C22H33N5O3. The van der Waals surface area contributed by atoms with Crippen LogP contribution in [0.2, 0.25) is 0 Å². The SMILES string of the molecule is CCC(C)NC(=O)Nc1ccc(NC(=O)N2CCCC(C(=O)NCC3CC3)C2)cc1. The van der Waals surface area contributed by atoms with Crippen LogP contribution in [0.3, 0.4) is 0 Å². The number of carbonyl (C=O) groups excluding carboxylic acids is 3. The van der Waals surface area contributed by atoms with E-state index in [0.717, 1.165) is 25.8 Å². The first kappa shape index (κ1) is 21.9. The third-order valence-electron chi connectivity index (χ3n) is 5.73. The molecule has 1 aliphatic heterocycles. The van der Waals surface area contributed by atoms with Crippen LogP contribution in [0, 0.1) is 11.8 Å². The second kappa shape index (κ2) is 10.3. The Morgan fingerprint density at radius 3 is 2.37 bits per heavy atom. The Morgan fingerprint density at radius 2 is 1.73 bits per heavy atom. The van der Waals surface area contributed by atoms with Crippen LogP contribution < -0.4 is 21.3 Å². The predicted molar refractivity (Wildman–Crippen MR) is 117 cm³/mol. The van der Waals surface area contributed by atoms with Crippen LogP contribution in [0.25, 0.3) is 0 Å². The number of likely N-dealkylation sites (tertiary alicyclic amines) is 1. The zero-order valence-corrected chi connectivity index (χ0v) is 17.9. The highest BCUT2D eigenvalue weighted by Gasteiger charge is 2.30. The molecule has 1 aromatic rings. The van der Waals surface area contributed by atoms with E-state index in [-0.39, 0.29) is 29.9 Å². The van der Waals surface area contributed by atoms with E-state index in [1.54, 1.807) is 29.2 Å². The molecule has 3 rings (SSSR count). The lowest BCUT2D eigenvalue weighted by Crippen LogP contribution is -2.47. The van der Waals surface area contributed by atoms with Crippen molar-refractivity contribution < 1.29 is 14.4 Å². The zero-order valence-electron chi connectivity index (χ0n) is 17.9. The fourth-order valence-electron chi connectivity index (χ4n) is 3.42. The maximum atomic E-state index is 12.6. The summed E-state index contributed by atoms with van der Waals surface area (Å²) in [7, 11) is 0. The Balaban J connectivity index is 1.46. The van der Waals surface area contributed by atoms with Gasteiger partial charge in [-0.05, 0) is 69.2 Å². The summed E-state index contributed by atoms with van der Waals surface area (Å²) in [6.45, 7) is 5.80. The van der Waals surface area contributed by atoms with Gasteiger partial charge >= 0.3 is 12.1 Å². The van der Waals surface area contributed by atoms with Gasteiger partial charge in [0.25, 0.3) is 0 Å². The monoisotopic (exact) mass is 415 g/mol. The molecule has 1 heterocycles. The maximum absolute atomic E-state index is 12.6. The minimum Gasteiger partial charge on any atom is -0.356 e. The fourth-order valence-corrected chi connectivity index (χ4v) is 3.42. The first-order valence-corrected chi connectivity index (χ1v) is 11.0. The van der Waals surface area contributed by atoms with Crippen LogP contribution >= 0.6 is 0 Å². The van der Waals surface area contributed by atoms with E-state index >= 15 is 0 Å². The Kier molecular flexibility index (Phi) is 7.54. The van der Waals surface area contributed by atoms with Crippen molar-refractivity contribution in [3.8, 4) is 0 Å². The molecule has 1 saturated heterocycles. The van der Waals surface area contributed by atoms with E-state index in [1.807, 2.05) is 13.8 Å². The fraction of sp³-hybridized carbons (Fsp3) is 0.591. The largest absolute Gasteiger partial charge is 0.356 e. The summed E-state index contributed by atoms with van der Waals surface area (Å²) in [5, 5.41) is 11.5. The van der Waals surface area contributed by atoms with E-state index in [4.69, 9.17) is 0 Å². The summed E-state index contributed by atoms with van der Waals surface area (Å²) in [5.41, 5.74) is 1.30. The number of piperidine rings is 1. The highest BCUT2D eigenvalue weighted by atomic mass is 16.2. The molecular weight excluding hydrogens is 382 g/mol. The Hall–Kier alpha value is -2.77. The molecule has 164 valence electrons. The summed E-state index contributed by atoms with van der Waals surface area (Å²) in [6, 6.07) is 6.64. The lowest BCUT2D eigenvalue weighted by molar-refractivity contribution is -0.126. The van der Waals surface area contributed by atoms with Crippen LogP contribution in [0.1, 0.15) is 46.0 Å². The number of anilines is 2. The minimum absolute atomic E-state index is 0.0606. The first-order chi connectivity index (χ1) is 14.4. The van der Waals surface area contributed by atoms with Gasteiger partial charge < -0.3 is 26.2 Å². The lowest BCUT2D eigenvalue weighted by Gasteiger charge is -2.32. The summed E-state index contributed by atoms with van der Waals surface area (Å²) >= 11 is 0. The number of urea groups is 2. The number of amides is 5. The van der Waals surface area contributed by atoms with Gasteiger partial charge in [-0.3, -0.25) is 4.79 Å². The number of nitrogens with one attached hydrogen (secondary N) is 4. The van der Waals surface area contributed by atoms with Gasteiger partial charge in [0.05, 0.1) is 5.92 Å². The Morgan fingerprint density at radius 1 is 1.07 bits per heavy atom. The highest BCUT2D eigenvalue weighted by Crippen LogP contribution is 2.28. The second-order valence-corrected chi connectivity index (χ2v) is 8.39. The normalized spacial score (nSPS) is 19.5. The smallest absolute Gasteiger partial charge is 0.321 e. The summed E-state index contributed by atoms with van der Waals surface area (Å²) < 4.78 is 0. The van der Waals surface area contributed by atoms with Crippen LogP contribution in [0.4, 0.5) is 21.0 Å². The van der Waals surface area contributed by atoms with E-state index < -0.39 is 0 Å². The van der Waals surface area contributed by atoms with Gasteiger partial charge in [0.15, 0.2) is 0 Å². The summed E-state index contributed by atoms with van der Waals surface area (Å²) in [5.74, 6) is 0.569. The van der Waals surface area contributed by atoms with Crippen LogP contribution in [-0.4, -0.2) is 48.5 Å². The number of hydrogen-bond donors (Lipinski definition) is 4. The van der Waals surface area contributed by atoms with E-state index in [1.165, 1.54) is 12.8 Å². The third-order valence-corrected chi connectivity index (χ3v) is 5.73. The number of nitrogens with zero attached hydrogens (tertiary/aromatic N) is 1. The molecule has 4 N–H and O–H groups in total. The molecule has 0 aromatic heterocycles. The summed E-state index contributed by atoms with van der Waals surface area (Å²) in [6.07, 6.45) is 4.91. The molecule has 0 bridgehead atoms. The number of rotatable bonds is 7.